The van der Waals surface area contributed by atoms with Crippen molar-refractivity contribution < 1.29 is 9.53 Å². The Morgan fingerprint density at radius 1 is 1.16 bits per heavy atom. The molecule has 1 heterocycles. The van der Waals surface area contributed by atoms with Gasteiger partial charge in [-0.15, -0.1) is 0 Å². The number of nitrogens with one attached hydrogen (secondary N) is 1. The molecule has 0 atom stereocenters. The van der Waals surface area contributed by atoms with E-state index >= 15 is 0 Å². The first kappa shape index (κ1) is 16.4. The highest BCUT2D eigenvalue weighted by Crippen LogP contribution is 2.24. The number of hydrogen-bond donors (Lipinski definition) is 1. The van der Waals surface area contributed by atoms with Crippen LogP contribution >= 0.6 is 0 Å². The monoisotopic (exact) mass is 334 g/mol. The second-order valence-electron chi connectivity index (χ2n) is 5.37. The van der Waals surface area contributed by atoms with E-state index in [0.717, 1.165) is 28.3 Å². The summed E-state index contributed by atoms with van der Waals surface area (Å²) in [6, 6.07) is 17.4. The highest BCUT2D eigenvalue weighted by atomic mass is 16.5. The van der Waals surface area contributed by atoms with Gasteiger partial charge in [0.05, 0.1) is 19.0 Å². The third kappa shape index (κ3) is 3.92. The van der Waals surface area contributed by atoms with Crippen molar-refractivity contribution >= 4 is 12.1 Å². The van der Waals surface area contributed by atoms with Gasteiger partial charge in [-0.1, -0.05) is 18.2 Å². The first-order chi connectivity index (χ1) is 12.2. The minimum absolute atomic E-state index is 0.224. The summed E-state index contributed by atoms with van der Waals surface area (Å²) >= 11 is 0. The van der Waals surface area contributed by atoms with E-state index in [0.29, 0.717) is 0 Å². The molecule has 0 saturated heterocycles. The maximum atomic E-state index is 11.0. The zero-order valence-corrected chi connectivity index (χ0v) is 14.0. The van der Waals surface area contributed by atoms with Crippen molar-refractivity contribution in [2.75, 3.05) is 7.11 Å². The zero-order chi connectivity index (χ0) is 17.6. The van der Waals surface area contributed by atoms with E-state index in [1.54, 1.807) is 18.0 Å². The summed E-state index contributed by atoms with van der Waals surface area (Å²) in [6.45, 7) is 1.41. The molecule has 0 saturated carbocycles. The van der Waals surface area contributed by atoms with Crippen molar-refractivity contribution in [3.8, 4) is 22.7 Å². The fourth-order valence-corrected chi connectivity index (χ4v) is 2.36. The van der Waals surface area contributed by atoms with Crippen LogP contribution in [-0.2, 0) is 4.79 Å². The summed E-state index contributed by atoms with van der Waals surface area (Å²) in [6.07, 6.45) is 3.47. The molecule has 0 radical (unpaired) electrons. The molecule has 1 amide bonds. The van der Waals surface area contributed by atoms with E-state index in [1.807, 2.05) is 60.8 Å². The molecule has 0 spiro atoms. The molecule has 0 aliphatic rings. The van der Waals surface area contributed by atoms with Gasteiger partial charge in [-0.25, -0.2) is 10.1 Å². The van der Waals surface area contributed by atoms with Crippen molar-refractivity contribution in [2.45, 2.75) is 6.92 Å². The van der Waals surface area contributed by atoms with Crippen molar-refractivity contribution in [1.82, 2.24) is 15.2 Å². The van der Waals surface area contributed by atoms with E-state index in [-0.39, 0.29) is 5.91 Å². The van der Waals surface area contributed by atoms with Gasteiger partial charge >= 0.3 is 0 Å². The number of hydrazone groups is 1. The molecule has 1 aromatic heterocycles. The Morgan fingerprint density at radius 3 is 2.52 bits per heavy atom. The van der Waals surface area contributed by atoms with Crippen molar-refractivity contribution in [2.24, 2.45) is 5.10 Å². The molecule has 0 fully saturated rings. The third-order valence-corrected chi connectivity index (χ3v) is 3.55. The summed E-state index contributed by atoms with van der Waals surface area (Å²) in [5, 5.41) is 8.64. The van der Waals surface area contributed by atoms with Gasteiger partial charge in [-0.05, 0) is 36.4 Å². The number of aromatic nitrogens is 2. The number of carbonyl (C=O) groups is 1. The van der Waals surface area contributed by atoms with E-state index < -0.39 is 0 Å². The predicted molar refractivity (Wildman–Crippen MR) is 97.0 cm³/mol. The van der Waals surface area contributed by atoms with Gasteiger partial charge < -0.3 is 4.74 Å². The normalized spacial score (nSPS) is 10.8. The van der Waals surface area contributed by atoms with E-state index in [2.05, 4.69) is 15.6 Å². The van der Waals surface area contributed by atoms with Crippen molar-refractivity contribution in [3.63, 3.8) is 0 Å². The maximum absolute atomic E-state index is 11.0. The van der Waals surface area contributed by atoms with Gasteiger partial charge in [0, 0.05) is 24.2 Å². The van der Waals surface area contributed by atoms with Crippen LogP contribution in [0, 0.1) is 0 Å². The van der Waals surface area contributed by atoms with Crippen LogP contribution in [0.15, 0.2) is 65.9 Å². The van der Waals surface area contributed by atoms with Crippen LogP contribution in [0.25, 0.3) is 16.9 Å². The number of rotatable bonds is 5. The first-order valence-electron chi connectivity index (χ1n) is 7.76. The number of nitrogens with zero attached hydrogens (tertiary/aromatic N) is 3. The van der Waals surface area contributed by atoms with Gasteiger partial charge in [0.15, 0.2) is 0 Å². The van der Waals surface area contributed by atoms with Gasteiger partial charge in [-0.3, -0.25) is 4.79 Å². The number of para-hydroxylation sites is 1. The molecule has 1 N–H and O–H groups in total. The Labute approximate surface area is 145 Å². The van der Waals surface area contributed by atoms with E-state index in [4.69, 9.17) is 4.74 Å². The summed E-state index contributed by atoms with van der Waals surface area (Å²) in [5.41, 5.74) is 5.84. The number of carbonyl (C=O) groups excluding carboxylic acids is 1. The van der Waals surface area contributed by atoms with Crippen LogP contribution in [0.4, 0.5) is 0 Å². The average molecular weight is 334 g/mol. The number of benzene rings is 2. The van der Waals surface area contributed by atoms with Gasteiger partial charge in [0.25, 0.3) is 0 Å². The second-order valence-corrected chi connectivity index (χ2v) is 5.37. The second kappa shape index (κ2) is 7.44. The molecule has 0 bridgehead atoms. The standard InChI is InChI=1S/C19H18N4O2/c1-14(24)21-20-12-16-13-23(17-6-4-3-5-7-17)22-19(16)15-8-10-18(25-2)11-9-15/h3-13H,1-2H3,(H,21,24)/b20-12-. The summed E-state index contributed by atoms with van der Waals surface area (Å²) in [5.74, 6) is 0.553. The lowest BCUT2D eigenvalue weighted by Crippen LogP contribution is -2.12. The average Bonchev–Trinajstić information content (AvgIpc) is 3.06. The topological polar surface area (TPSA) is 68.5 Å². The molecule has 6 heteroatoms. The molecule has 0 aliphatic heterocycles. The molecular weight excluding hydrogens is 316 g/mol. The fourth-order valence-electron chi connectivity index (χ4n) is 2.36. The SMILES string of the molecule is COc1ccc(-c2nn(-c3ccccc3)cc2/C=N\NC(C)=O)cc1. The lowest BCUT2D eigenvalue weighted by Gasteiger charge is -2.02. The molecule has 0 aliphatic carbocycles. The Morgan fingerprint density at radius 2 is 1.88 bits per heavy atom. The minimum atomic E-state index is -0.224. The number of hydrogen-bond acceptors (Lipinski definition) is 4. The highest BCUT2D eigenvalue weighted by Gasteiger charge is 2.11. The molecular formula is C19H18N4O2. The summed E-state index contributed by atoms with van der Waals surface area (Å²) in [4.78, 5) is 11.0. The van der Waals surface area contributed by atoms with E-state index in [9.17, 15) is 4.79 Å². The Bertz CT molecular complexity index is 884. The van der Waals surface area contributed by atoms with Gasteiger partial charge in [0.1, 0.15) is 11.4 Å². The fraction of sp³-hybridized carbons (Fsp3) is 0.105. The molecule has 3 rings (SSSR count). The van der Waals surface area contributed by atoms with Crippen LogP contribution in [0.2, 0.25) is 0 Å². The molecule has 126 valence electrons. The molecule has 2 aromatic carbocycles. The molecule has 25 heavy (non-hydrogen) atoms. The highest BCUT2D eigenvalue weighted by molar-refractivity contribution is 5.89. The number of ether oxygens (including phenoxy) is 1. The lowest BCUT2D eigenvalue weighted by atomic mass is 10.1. The Hall–Kier alpha value is -3.41. The van der Waals surface area contributed by atoms with Gasteiger partial charge in [-0.2, -0.15) is 10.2 Å². The summed E-state index contributed by atoms with van der Waals surface area (Å²) in [7, 11) is 1.63. The van der Waals surface area contributed by atoms with Crippen LogP contribution in [-0.4, -0.2) is 29.0 Å². The Kier molecular flexibility index (Phi) is 4.89. The van der Waals surface area contributed by atoms with Crippen LogP contribution in [0.3, 0.4) is 0 Å². The number of methoxy groups -OCH3 is 1. The third-order valence-electron chi connectivity index (χ3n) is 3.55. The number of amides is 1. The largest absolute Gasteiger partial charge is 0.497 e. The van der Waals surface area contributed by atoms with E-state index in [1.165, 1.54) is 6.92 Å². The molecule has 3 aromatic rings. The minimum Gasteiger partial charge on any atom is -0.497 e. The first-order valence-corrected chi connectivity index (χ1v) is 7.76. The lowest BCUT2D eigenvalue weighted by molar-refractivity contribution is -0.118. The van der Waals surface area contributed by atoms with Crippen LogP contribution in [0.5, 0.6) is 5.75 Å². The molecule has 6 nitrogen and oxygen atoms in total. The Balaban J connectivity index is 2.02. The van der Waals surface area contributed by atoms with Gasteiger partial charge in [0.2, 0.25) is 5.91 Å². The van der Waals surface area contributed by atoms with Crippen LogP contribution < -0.4 is 10.2 Å². The van der Waals surface area contributed by atoms with Crippen LogP contribution in [0.1, 0.15) is 12.5 Å². The smallest absolute Gasteiger partial charge is 0.236 e. The maximum Gasteiger partial charge on any atom is 0.236 e. The van der Waals surface area contributed by atoms with Crippen molar-refractivity contribution in [1.29, 1.82) is 0 Å². The zero-order valence-electron chi connectivity index (χ0n) is 14.0. The molecule has 0 unspecified atom stereocenters. The summed E-state index contributed by atoms with van der Waals surface area (Å²) < 4.78 is 6.99. The van der Waals surface area contributed by atoms with Crippen molar-refractivity contribution in [3.05, 3.63) is 66.4 Å². The predicted octanol–water partition coefficient (Wildman–Crippen LogP) is 3.02. The quantitative estimate of drug-likeness (QED) is 0.576.